The Morgan fingerprint density at radius 3 is 2.28 bits per heavy atom. The molecule has 2 rings (SSSR count). The van der Waals surface area contributed by atoms with Crippen LogP contribution in [0.4, 0.5) is 4.39 Å². The van der Waals surface area contributed by atoms with E-state index in [0.29, 0.717) is 5.56 Å². The fourth-order valence-corrected chi connectivity index (χ4v) is 1.92. The Kier molecular flexibility index (Phi) is 3.42. The van der Waals surface area contributed by atoms with Crippen LogP contribution >= 0.6 is 0 Å². The van der Waals surface area contributed by atoms with Gasteiger partial charge in [0, 0.05) is 5.56 Å². The quantitative estimate of drug-likeness (QED) is 0.899. The number of rotatable bonds is 3. The first-order valence-corrected chi connectivity index (χ1v) is 5.63. The monoisotopic (exact) mass is 244 g/mol. The summed E-state index contributed by atoms with van der Waals surface area (Å²) in [5.41, 5.74) is 1.81. The van der Waals surface area contributed by atoms with Crippen LogP contribution in [0, 0.1) is 12.7 Å². The minimum Gasteiger partial charge on any atom is -0.481 e. The van der Waals surface area contributed by atoms with Gasteiger partial charge in [0.25, 0.3) is 0 Å². The van der Waals surface area contributed by atoms with E-state index in [1.807, 2.05) is 19.1 Å². The number of carbonyl (C=O) groups is 1. The van der Waals surface area contributed by atoms with Gasteiger partial charge >= 0.3 is 5.97 Å². The topological polar surface area (TPSA) is 37.3 Å². The lowest BCUT2D eigenvalue weighted by Gasteiger charge is -2.14. The van der Waals surface area contributed by atoms with Crippen LogP contribution < -0.4 is 0 Å². The van der Waals surface area contributed by atoms with E-state index in [1.54, 1.807) is 24.3 Å². The molecule has 0 saturated heterocycles. The summed E-state index contributed by atoms with van der Waals surface area (Å²) in [7, 11) is 0. The van der Waals surface area contributed by atoms with E-state index >= 15 is 0 Å². The number of halogens is 1. The molecule has 1 N–H and O–H groups in total. The molecule has 2 aromatic rings. The number of aliphatic carboxylic acids is 1. The lowest BCUT2D eigenvalue weighted by molar-refractivity contribution is -0.137. The van der Waals surface area contributed by atoms with Crippen molar-refractivity contribution in [1.82, 2.24) is 0 Å². The van der Waals surface area contributed by atoms with Gasteiger partial charge in [-0.15, -0.1) is 0 Å². The number of benzene rings is 2. The summed E-state index contributed by atoms with van der Waals surface area (Å²) in [6.45, 7) is 1.92. The van der Waals surface area contributed by atoms with Crippen molar-refractivity contribution in [3.8, 4) is 0 Å². The smallest absolute Gasteiger partial charge is 0.315 e. The zero-order chi connectivity index (χ0) is 13.1. The van der Waals surface area contributed by atoms with Gasteiger partial charge in [-0.1, -0.05) is 48.0 Å². The Balaban J connectivity index is 2.50. The molecule has 0 aromatic heterocycles. The summed E-state index contributed by atoms with van der Waals surface area (Å²) < 4.78 is 13.7. The zero-order valence-corrected chi connectivity index (χ0v) is 9.93. The average molecular weight is 244 g/mol. The molecule has 0 spiro atoms. The van der Waals surface area contributed by atoms with E-state index in [0.717, 1.165) is 5.56 Å². The summed E-state index contributed by atoms with van der Waals surface area (Å²) >= 11 is 0. The van der Waals surface area contributed by atoms with E-state index in [9.17, 15) is 14.3 Å². The molecule has 2 nitrogen and oxygen atoms in total. The molecule has 0 bridgehead atoms. The average Bonchev–Trinajstić information content (AvgIpc) is 2.34. The van der Waals surface area contributed by atoms with Gasteiger partial charge in [-0.2, -0.15) is 0 Å². The van der Waals surface area contributed by atoms with Gasteiger partial charge in [0.15, 0.2) is 0 Å². The second kappa shape index (κ2) is 5.00. The first-order chi connectivity index (χ1) is 8.59. The molecule has 92 valence electrons. The highest BCUT2D eigenvalue weighted by Crippen LogP contribution is 2.27. The molecule has 1 atom stereocenters. The highest BCUT2D eigenvalue weighted by Gasteiger charge is 2.24. The summed E-state index contributed by atoms with van der Waals surface area (Å²) in [6.07, 6.45) is 0. The highest BCUT2D eigenvalue weighted by molar-refractivity contribution is 5.80. The van der Waals surface area contributed by atoms with E-state index in [1.165, 1.54) is 12.1 Å². The predicted octanol–water partition coefficient (Wildman–Crippen LogP) is 3.35. The van der Waals surface area contributed by atoms with Crippen molar-refractivity contribution in [3.05, 3.63) is 71.0 Å². The molecule has 0 aliphatic carbocycles. The van der Waals surface area contributed by atoms with Crippen molar-refractivity contribution in [3.63, 3.8) is 0 Å². The second-order valence-electron chi connectivity index (χ2n) is 4.20. The Morgan fingerprint density at radius 1 is 1.11 bits per heavy atom. The normalized spacial score (nSPS) is 12.1. The van der Waals surface area contributed by atoms with Gasteiger partial charge in [-0.05, 0) is 18.6 Å². The number of hydrogen-bond acceptors (Lipinski definition) is 1. The minimum absolute atomic E-state index is 0.189. The van der Waals surface area contributed by atoms with E-state index in [2.05, 4.69) is 0 Å². The van der Waals surface area contributed by atoms with Gasteiger partial charge in [0.2, 0.25) is 0 Å². The molecular formula is C15H13FO2. The molecule has 1 unspecified atom stereocenters. The maximum Gasteiger partial charge on any atom is 0.315 e. The first kappa shape index (κ1) is 12.3. The van der Waals surface area contributed by atoms with Crippen molar-refractivity contribution in [2.24, 2.45) is 0 Å². The number of carboxylic acid groups (broad SMARTS) is 1. The minimum atomic E-state index is -1.05. The van der Waals surface area contributed by atoms with E-state index < -0.39 is 17.7 Å². The third-order valence-corrected chi connectivity index (χ3v) is 2.87. The first-order valence-electron chi connectivity index (χ1n) is 5.63. The summed E-state index contributed by atoms with van der Waals surface area (Å²) in [6, 6.07) is 13.1. The molecule has 0 aliphatic rings. The summed E-state index contributed by atoms with van der Waals surface area (Å²) in [5.74, 6) is -2.51. The van der Waals surface area contributed by atoms with Gasteiger partial charge in [0.05, 0.1) is 0 Å². The molecule has 0 aliphatic heterocycles. The zero-order valence-electron chi connectivity index (χ0n) is 9.93. The van der Waals surface area contributed by atoms with Gasteiger partial charge in [-0.25, -0.2) is 4.39 Å². The highest BCUT2D eigenvalue weighted by atomic mass is 19.1. The Morgan fingerprint density at radius 2 is 1.72 bits per heavy atom. The van der Waals surface area contributed by atoms with Crippen LogP contribution in [0.1, 0.15) is 22.6 Å². The molecule has 2 aromatic carbocycles. The number of hydrogen-bond donors (Lipinski definition) is 1. The SMILES string of the molecule is Cc1ccc(C(C(=O)O)c2ccccc2F)cc1. The third kappa shape index (κ3) is 2.40. The molecule has 18 heavy (non-hydrogen) atoms. The second-order valence-corrected chi connectivity index (χ2v) is 4.20. The van der Waals surface area contributed by atoms with Crippen LogP contribution in [-0.2, 0) is 4.79 Å². The van der Waals surface area contributed by atoms with Gasteiger partial charge < -0.3 is 5.11 Å². The number of carboxylic acids is 1. The fourth-order valence-electron chi connectivity index (χ4n) is 1.92. The van der Waals surface area contributed by atoms with Crippen molar-refractivity contribution >= 4 is 5.97 Å². The summed E-state index contributed by atoms with van der Waals surface area (Å²) in [5, 5.41) is 9.31. The van der Waals surface area contributed by atoms with Crippen LogP contribution in [0.3, 0.4) is 0 Å². The third-order valence-electron chi connectivity index (χ3n) is 2.87. The van der Waals surface area contributed by atoms with E-state index in [4.69, 9.17) is 0 Å². The summed E-state index contributed by atoms with van der Waals surface area (Å²) in [4.78, 5) is 11.4. The molecular weight excluding hydrogens is 231 g/mol. The lowest BCUT2D eigenvalue weighted by Crippen LogP contribution is -2.14. The Labute approximate surface area is 105 Å². The van der Waals surface area contributed by atoms with Crippen molar-refractivity contribution in [1.29, 1.82) is 0 Å². The Bertz CT molecular complexity index is 561. The molecule has 3 heteroatoms. The van der Waals surface area contributed by atoms with Crippen LogP contribution in [0.5, 0.6) is 0 Å². The predicted molar refractivity (Wildman–Crippen MR) is 67.1 cm³/mol. The standard InChI is InChI=1S/C15H13FO2/c1-10-6-8-11(9-7-10)14(15(17)18)12-4-2-3-5-13(12)16/h2-9,14H,1H3,(H,17,18). The van der Waals surface area contributed by atoms with Crippen molar-refractivity contribution < 1.29 is 14.3 Å². The number of aryl methyl sites for hydroxylation is 1. The maximum absolute atomic E-state index is 13.7. The molecule has 0 heterocycles. The molecule has 0 fully saturated rings. The van der Waals surface area contributed by atoms with Crippen LogP contribution in [-0.4, -0.2) is 11.1 Å². The maximum atomic E-state index is 13.7. The van der Waals surface area contributed by atoms with Crippen LogP contribution in [0.25, 0.3) is 0 Å². The van der Waals surface area contributed by atoms with Crippen molar-refractivity contribution in [2.45, 2.75) is 12.8 Å². The lowest BCUT2D eigenvalue weighted by atomic mass is 9.90. The van der Waals surface area contributed by atoms with Crippen molar-refractivity contribution in [2.75, 3.05) is 0 Å². The Hall–Kier alpha value is -2.16. The van der Waals surface area contributed by atoms with E-state index in [-0.39, 0.29) is 5.56 Å². The molecule has 0 radical (unpaired) electrons. The van der Waals surface area contributed by atoms with Gasteiger partial charge in [0.1, 0.15) is 11.7 Å². The van der Waals surface area contributed by atoms with Gasteiger partial charge in [-0.3, -0.25) is 4.79 Å². The fraction of sp³-hybridized carbons (Fsp3) is 0.133. The molecule has 0 amide bonds. The van der Waals surface area contributed by atoms with Crippen LogP contribution in [0.2, 0.25) is 0 Å². The largest absolute Gasteiger partial charge is 0.481 e. The molecule has 0 saturated carbocycles. The van der Waals surface area contributed by atoms with Crippen LogP contribution in [0.15, 0.2) is 48.5 Å².